The van der Waals surface area contributed by atoms with Crippen LogP contribution in [-0.4, -0.2) is 46.5 Å². The Balaban J connectivity index is 4.70. The van der Waals surface area contributed by atoms with E-state index in [9.17, 15) is 9.13 Å². The van der Waals surface area contributed by atoms with Gasteiger partial charge in [-0.3, -0.25) is 0 Å². The summed E-state index contributed by atoms with van der Waals surface area (Å²) in [5.41, 5.74) is -0.283. The molecule has 0 spiro atoms. The molecule has 0 aliphatic rings. The maximum Gasteiger partial charge on any atom is 0.504 e. The van der Waals surface area contributed by atoms with E-state index in [1.165, 1.54) is 6.66 Å². The highest BCUT2D eigenvalue weighted by atomic mass is 31.2. The second-order valence-electron chi connectivity index (χ2n) is 4.73. The van der Waals surface area contributed by atoms with E-state index in [0.717, 1.165) is 6.42 Å². The lowest BCUT2D eigenvalue weighted by Crippen LogP contribution is -2.34. The first kappa shape index (κ1) is 16.2. The van der Waals surface area contributed by atoms with Crippen LogP contribution in [0.25, 0.3) is 0 Å². The molecular weight excluding hydrogens is 246 g/mol. The predicted octanol–water partition coefficient (Wildman–Crippen LogP) is 3.04. The Morgan fingerprint density at radius 1 is 1.31 bits per heavy atom. The molecule has 6 heteroatoms. The van der Waals surface area contributed by atoms with Crippen molar-refractivity contribution in [2.75, 3.05) is 46.5 Å². The minimum Gasteiger partial charge on any atom is -0.384 e. The molecule has 96 valence electrons. The van der Waals surface area contributed by atoms with Crippen molar-refractivity contribution in [1.82, 2.24) is 0 Å². The molecule has 0 fully saturated rings. The molecule has 16 heavy (non-hydrogen) atoms. The van der Waals surface area contributed by atoms with E-state index >= 15 is 0 Å². The van der Waals surface area contributed by atoms with Gasteiger partial charge in [0, 0.05) is 18.7 Å². The van der Waals surface area contributed by atoms with E-state index in [0.29, 0.717) is 19.4 Å². The third kappa shape index (κ3) is 6.75. The van der Waals surface area contributed by atoms with Gasteiger partial charge in [-0.1, -0.05) is 6.92 Å². The average molecular weight is 269 g/mol. The molecule has 0 saturated heterocycles. The van der Waals surface area contributed by atoms with Crippen molar-refractivity contribution in [2.24, 2.45) is 5.41 Å². The van der Waals surface area contributed by atoms with Gasteiger partial charge in [0.05, 0.1) is 13.7 Å². The molecule has 0 aliphatic carbocycles. The van der Waals surface area contributed by atoms with Crippen molar-refractivity contribution < 1.29 is 18.4 Å². The van der Waals surface area contributed by atoms with Crippen LogP contribution in [0.15, 0.2) is 0 Å². The summed E-state index contributed by atoms with van der Waals surface area (Å²) in [4.78, 5) is 0. The van der Waals surface area contributed by atoms with Gasteiger partial charge in [0.1, 0.15) is 6.61 Å². The highest BCUT2D eigenvalue weighted by Crippen LogP contribution is 2.45. The molecule has 0 aromatic carbocycles. The molecule has 0 aromatic heterocycles. The Morgan fingerprint density at radius 3 is 2.19 bits per heavy atom. The SMILES string of the molecule is CCC(COC)(CO[P+](C)=O)CP(C)(C)=O. The zero-order valence-corrected chi connectivity index (χ0v) is 12.6. The zero-order chi connectivity index (χ0) is 12.8. The van der Waals surface area contributed by atoms with E-state index in [2.05, 4.69) is 0 Å². The van der Waals surface area contributed by atoms with Gasteiger partial charge >= 0.3 is 8.03 Å². The van der Waals surface area contributed by atoms with Crippen molar-refractivity contribution in [3.8, 4) is 0 Å². The van der Waals surface area contributed by atoms with Crippen molar-refractivity contribution >= 4 is 15.2 Å². The van der Waals surface area contributed by atoms with Gasteiger partial charge in [-0.25, -0.2) is 0 Å². The molecule has 0 N–H and O–H groups in total. The van der Waals surface area contributed by atoms with E-state index in [4.69, 9.17) is 9.26 Å². The Labute approximate surface area is 99.3 Å². The monoisotopic (exact) mass is 269 g/mol. The first-order valence-corrected chi connectivity index (χ1v) is 9.72. The second-order valence-corrected chi connectivity index (χ2v) is 9.33. The molecule has 4 nitrogen and oxygen atoms in total. The quantitative estimate of drug-likeness (QED) is 0.635. The fraction of sp³-hybridized carbons (Fsp3) is 1.00. The van der Waals surface area contributed by atoms with Crippen LogP contribution in [0.2, 0.25) is 0 Å². The van der Waals surface area contributed by atoms with Gasteiger partial charge in [0.2, 0.25) is 0 Å². The largest absolute Gasteiger partial charge is 0.504 e. The molecule has 0 aromatic rings. The highest BCUT2D eigenvalue weighted by Gasteiger charge is 2.35. The molecule has 2 unspecified atom stereocenters. The number of hydrogen-bond acceptors (Lipinski definition) is 4. The minimum atomic E-state index is -2.15. The fourth-order valence-electron chi connectivity index (χ4n) is 1.79. The van der Waals surface area contributed by atoms with Crippen molar-refractivity contribution in [3.05, 3.63) is 0 Å². The number of methoxy groups -OCH3 is 1. The molecule has 0 heterocycles. The van der Waals surface area contributed by atoms with Gasteiger partial charge < -0.3 is 9.30 Å². The lowest BCUT2D eigenvalue weighted by atomic mass is 9.89. The van der Waals surface area contributed by atoms with Crippen molar-refractivity contribution in [2.45, 2.75) is 13.3 Å². The Hall–Kier alpha value is 0.250. The second kappa shape index (κ2) is 6.86. The van der Waals surface area contributed by atoms with E-state index in [-0.39, 0.29) is 5.41 Å². The first-order chi connectivity index (χ1) is 7.24. The normalized spacial score (nSPS) is 16.9. The van der Waals surface area contributed by atoms with Gasteiger partial charge in [-0.2, -0.15) is 0 Å². The van der Waals surface area contributed by atoms with Crippen LogP contribution in [0.4, 0.5) is 0 Å². The average Bonchev–Trinajstić information content (AvgIpc) is 2.12. The lowest BCUT2D eigenvalue weighted by molar-refractivity contribution is 0.0536. The minimum absolute atomic E-state index is 0.283. The van der Waals surface area contributed by atoms with E-state index < -0.39 is 15.2 Å². The van der Waals surface area contributed by atoms with Crippen molar-refractivity contribution in [1.29, 1.82) is 0 Å². The molecular formula is C10H23O4P2+. The van der Waals surface area contributed by atoms with E-state index in [1.54, 1.807) is 20.4 Å². The molecule has 0 radical (unpaired) electrons. The van der Waals surface area contributed by atoms with Gasteiger partial charge in [-0.05, 0) is 24.3 Å². The summed E-state index contributed by atoms with van der Waals surface area (Å²) in [6.07, 6.45) is 1.36. The molecule has 0 saturated carbocycles. The molecule has 0 bridgehead atoms. The lowest BCUT2D eigenvalue weighted by Gasteiger charge is -2.31. The van der Waals surface area contributed by atoms with Crippen molar-refractivity contribution in [3.63, 3.8) is 0 Å². The van der Waals surface area contributed by atoms with Crippen LogP contribution < -0.4 is 0 Å². The summed E-state index contributed by atoms with van der Waals surface area (Å²) >= 11 is 0. The van der Waals surface area contributed by atoms with Crippen LogP contribution in [0.1, 0.15) is 13.3 Å². The molecule has 0 aliphatic heterocycles. The standard InChI is InChI=1S/C10H23O4P2/c1-6-10(7-13-2,8-14-15(3)11)9-16(4,5)12/h6-9H2,1-5H3/q+1. The summed E-state index contributed by atoms with van der Waals surface area (Å²) in [5, 5.41) is 0. The van der Waals surface area contributed by atoms with Crippen LogP contribution in [-0.2, 0) is 18.4 Å². The Morgan fingerprint density at radius 2 is 1.88 bits per heavy atom. The summed E-state index contributed by atoms with van der Waals surface area (Å²) < 4.78 is 33.3. The summed E-state index contributed by atoms with van der Waals surface area (Å²) in [5.74, 6) is 0. The fourth-order valence-corrected chi connectivity index (χ4v) is 4.27. The van der Waals surface area contributed by atoms with Gasteiger partial charge in [0.25, 0.3) is 0 Å². The van der Waals surface area contributed by atoms with Gasteiger partial charge in [0.15, 0.2) is 6.66 Å². The van der Waals surface area contributed by atoms with Crippen LogP contribution >= 0.6 is 15.2 Å². The number of rotatable bonds is 8. The van der Waals surface area contributed by atoms with Crippen LogP contribution in [0, 0.1) is 5.41 Å². The predicted molar refractivity (Wildman–Crippen MR) is 68.4 cm³/mol. The highest BCUT2D eigenvalue weighted by molar-refractivity contribution is 7.62. The Bertz CT molecular complexity index is 274. The maximum absolute atomic E-state index is 11.9. The topological polar surface area (TPSA) is 52.6 Å². The van der Waals surface area contributed by atoms with Crippen LogP contribution in [0.5, 0.6) is 0 Å². The van der Waals surface area contributed by atoms with Crippen LogP contribution in [0.3, 0.4) is 0 Å². The third-order valence-corrected chi connectivity index (χ3v) is 4.39. The Kier molecular flexibility index (Phi) is 6.96. The molecule has 2 atom stereocenters. The maximum atomic E-state index is 11.9. The number of ether oxygens (including phenoxy) is 1. The van der Waals surface area contributed by atoms with Gasteiger partial charge in [-0.15, -0.1) is 4.52 Å². The summed E-state index contributed by atoms with van der Waals surface area (Å²) in [6.45, 7) is 7.89. The number of hydrogen-bond donors (Lipinski definition) is 0. The first-order valence-electron chi connectivity index (χ1n) is 5.31. The summed E-state index contributed by atoms with van der Waals surface area (Å²) in [7, 11) is -2.15. The van der Waals surface area contributed by atoms with E-state index in [1.807, 2.05) is 6.92 Å². The summed E-state index contributed by atoms with van der Waals surface area (Å²) in [6, 6.07) is 0. The molecule has 0 rings (SSSR count). The molecule has 0 amide bonds. The smallest absolute Gasteiger partial charge is 0.384 e. The third-order valence-electron chi connectivity index (χ3n) is 2.47. The zero-order valence-electron chi connectivity index (χ0n) is 10.9.